The Morgan fingerprint density at radius 2 is 1.32 bits per heavy atom. The maximum atomic E-state index is 13.6. The zero-order valence-corrected chi connectivity index (χ0v) is 31.0. The van der Waals surface area contributed by atoms with E-state index in [4.69, 9.17) is 14.2 Å². The van der Waals surface area contributed by atoms with Gasteiger partial charge >= 0.3 is 5.97 Å². The molecule has 2 aliphatic heterocycles. The molecule has 0 aromatic heterocycles. The molecule has 2 saturated heterocycles. The lowest BCUT2D eigenvalue weighted by atomic mass is 9.36. The molecule has 0 amide bonds. The number of ether oxygens (including phenoxy) is 3. The van der Waals surface area contributed by atoms with E-state index in [0.29, 0.717) is 19.3 Å². The number of aliphatic hydroxyl groups is 12. The molecule has 306 valence electrons. The zero-order chi connectivity index (χ0) is 39.2. The van der Waals surface area contributed by atoms with Crippen LogP contribution in [0, 0.1) is 46.3 Å². The Kier molecular flexibility index (Phi) is 11.3. The van der Waals surface area contributed by atoms with Gasteiger partial charge in [-0.25, -0.2) is 0 Å². The topological polar surface area (TPSA) is 288 Å². The maximum Gasteiger partial charge on any atom is 0.305 e. The average molecular weight is 763 g/mol. The van der Waals surface area contributed by atoms with E-state index in [2.05, 4.69) is 0 Å². The van der Waals surface area contributed by atoms with Crippen molar-refractivity contribution in [3.63, 3.8) is 0 Å². The molecule has 6 fully saturated rings. The van der Waals surface area contributed by atoms with E-state index in [1.165, 1.54) is 7.11 Å². The number of aliphatic hydroxyl groups excluding tert-OH is 8. The van der Waals surface area contributed by atoms with E-state index in [-0.39, 0.29) is 44.4 Å². The molecule has 16 heteroatoms. The van der Waals surface area contributed by atoms with Gasteiger partial charge in [0.15, 0.2) is 5.79 Å². The van der Waals surface area contributed by atoms with Crippen LogP contribution in [0.4, 0.5) is 0 Å². The Balaban J connectivity index is 1.54. The van der Waals surface area contributed by atoms with Crippen LogP contribution in [0.1, 0.15) is 78.6 Å². The number of fused-ring (bicyclic) bond motifs is 5. The van der Waals surface area contributed by atoms with Gasteiger partial charge in [-0.2, -0.15) is 0 Å². The van der Waals surface area contributed by atoms with Gasteiger partial charge in [0.2, 0.25) is 0 Å². The Bertz CT molecular complexity index is 1330. The molecule has 4 saturated carbocycles. The van der Waals surface area contributed by atoms with Gasteiger partial charge in [0.25, 0.3) is 0 Å². The van der Waals surface area contributed by atoms with Crippen LogP contribution in [-0.4, -0.2) is 166 Å². The summed E-state index contributed by atoms with van der Waals surface area (Å²) in [7, 11) is 1.29. The first-order valence-electron chi connectivity index (χ1n) is 19.2. The largest absolute Gasteiger partial charge is 0.469 e. The first-order valence-corrected chi connectivity index (χ1v) is 19.2. The molecule has 2 heterocycles. The monoisotopic (exact) mass is 762 g/mol. The Morgan fingerprint density at radius 1 is 0.755 bits per heavy atom. The van der Waals surface area contributed by atoms with Crippen molar-refractivity contribution in [3.8, 4) is 0 Å². The van der Waals surface area contributed by atoms with Gasteiger partial charge in [-0.05, 0) is 79.4 Å². The fourth-order valence-electron chi connectivity index (χ4n) is 12.7. The third-order valence-electron chi connectivity index (χ3n) is 15.7. The van der Waals surface area contributed by atoms with Gasteiger partial charge < -0.3 is 75.5 Å². The molecule has 16 nitrogen and oxygen atoms in total. The van der Waals surface area contributed by atoms with Gasteiger partial charge in [0, 0.05) is 24.7 Å². The lowest BCUT2D eigenvalue weighted by molar-refractivity contribution is -0.358. The lowest BCUT2D eigenvalue weighted by Gasteiger charge is -2.71. The summed E-state index contributed by atoms with van der Waals surface area (Å²) >= 11 is 0. The van der Waals surface area contributed by atoms with Crippen molar-refractivity contribution < 1.29 is 80.3 Å². The van der Waals surface area contributed by atoms with Gasteiger partial charge in [-0.1, -0.05) is 20.8 Å². The molecule has 12 N–H and O–H groups in total. The normalized spacial score (nSPS) is 54.3. The first kappa shape index (κ1) is 41.5. The Hall–Kier alpha value is -1.09. The van der Waals surface area contributed by atoms with Crippen molar-refractivity contribution in [2.45, 2.75) is 157 Å². The van der Waals surface area contributed by atoms with Crippen molar-refractivity contribution in [3.05, 3.63) is 0 Å². The van der Waals surface area contributed by atoms with E-state index in [0.717, 1.165) is 0 Å². The molecule has 0 aromatic carbocycles. The van der Waals surface area contributed by atoms with Crippen molar-refractivity contribution in [2.24, 2.45) is 46.3 Å². The molecule has 0 bridgehead atoms. The number of rotatable bonds is 8. The van der Waals surface area contributed by atoms with Gasteiger partial charge in [-0.3, -0.25) is 4.79 Å². The van der Waals surface area contributed by atoms with Gasteiger partial charge in [0.1, 0.15) is 61.0 Å². The predicted octanol–water partition coefficient (Wildman–Crippen LogP) is -2.72. The molecule has 1 unspecified atom stereocenters. The van der Waals surface area contributed by atoms with Crippen LogP contribution in [0.15, 0.2) is 0 Å². The fourth-order valence-corrected chi connectivity index (χ4v) is 12.7. The molecule has 0 radical (unpaired) electrons. The summed E-state index contributed by atoms with van der Waals surface area (Å²) in [6.07, 6.45) is -15.4. The summed E-state index contributed by atoms with van der Waals surface area (Å²) in [6.45, 7) is 4.26. The third kappa shape index (κ3) is 6.22. The summed E-state index contributed by atoms with van der Waals surface area (Å²) in [5, 5.41) is 136. The first-order chi connectivity index (χ1) is 24.7. The minimum atomic E-state index is -2.10. The number of hydrogen-bond acceptors (Lipinski definition) is 16. The van der Waals surface area contributed by atoms with E-state index in [1.54, 1.807) is 0 Å². The van der Waals surface area contributed by atoms with Crippen LogP contribution in [0.25, 0.3) is 0 Å². The lowest BCUT2D eigenvalue weighted by Crippen LogP contribution is -2.78. The molecular formula is C37H62O16. The second-order valence-corrected chi connectivity index (χ2v) is 18.0. The number of carbonyl (C=O) groups excluding carboxylic acids is 1. The summed E-state index contributed by atoms with van der Waals surface area (Å²) in [6, 6.07) is 0. The number of hydrogen-bond donors (Lipinski definition) is 12. The smallest absolute Gasteiger partial charge is 0.305 e. The van der Waals surface area contributed by atoms with Crippen molar-refractivity contribution in [2.75, 3.05) is 20.3 Å². The maximum absolute atomic E-state index is 13.6. The van der Waals surface area contributed by atoms with E-state index in [9.17, 15) is 66.1 Å². The SMILES string of the molecule is COC(=O)CC[C@@H](C)[C@H]1CC[C@H]2[C@H]3[C@H](C[C@@](O)([C@@H]4O[C@H](CO)[C@@H](O)[C@H](O)[C@H]4O)[C@]12C)[C@@]1(C)CCC(O)(O)C[C@@H]1C[C@]3(O)C1O[C@H](CO)[C@@H](O)[C@H](O)[C@H]1O. The Morgan fingerprint density at radius 3 is 1.89 bits per heavy atom. The summed E-state index contributed by atoms with van der Waals surface area (Å²) in [5.41, 5.74) is -6.14. The van der Waals surface area contributed by atoms with Crippen LogP contribution in [0.3, 0.4) is 0 Å². The van der Waals surface area contributed by atoms with Gasteiger partial charge in [-0.15, -0.1) is 0 Å². The van der Waals surface area contributed by atoms with E-state index >= 15 is 0 Å². The minimum Gasteiger partial charge on any atom is -0.469 e. The highest BCUT2D eigenvalue weighted by atomic mass is 16.6. The predicted molar refractivity (Wildman–Crippen MR) is 181 cm³/mol. The number of methoxy groups -OCH3 is 1. The number of esters is 1. The second kappa shape index (κ2) is 14.4. The molecule has 4 aliphatic carbocycles. The van der Waals surface area contributed by atoms with Crippen LogP contribution >= 0.6 is 0 Å². The molecule has 53 heavy (non-hydrogen) atoms. The van der Waals surface area contributed by atoms with E-state index in [1.807, 2.05) is 20.8 Å². The summed E-state index contributed by atoms with van der Waals surface area (Å²) < 4.78 is 17.2. The average Bonchev–Trinajstić information content (AvgIpc) is 3.48. The van der Waals surface area contributed by atoms with Crippen LogP contribution < -0.4 is 0 Å². The molecule has 0 aromatic rings. The number of carbonyl (C=O) groups is 1. The van der Waals surface area contributed by atoms with E-state index < -0.39 is 138 Å². The highest BCUT2D eigenvalue weighted by Crippen LogP contribution is 2.74. The highest BCUT2D eigenvalue weighted by molar-refractivity contribution is 5.69. The molecular weight excluding hydrogens is 700 g/mol. The fraction of sp³-hybridized carbons (Fsp3) is 0.973. The van der Waals surface area contributed by atoms with Crippen LogP contribution in [-0.2, 0) is 19.0 Å². The summed E-state index contributed by atoms with van der Waals surface area (Å²) in [5.74, 6) is -5.97. The highest BCUT2D eigenvalue weighted by Gasteiger charge is 2.77. The molecule has 6 rings (SSSR count). The van der Waals surface area contributed by atoms with Crippen LogP contribution in [0.5, 0.6) is 0 Å². The van der Waals surface area contributed by atoms with Crippen molar-refractivity contribution in [1.82, 2.24) is 0 Å². The summed E-state index contributed by atoms with van der Waals surface area (Å²) in [4.78, 5) is 12.3. The van der Waals surface area contributed by atoms with Gasteiger partial charge in [0.05, 0.1) is 31.5 Å². The van der Waals surface area contributed by atoms with Crippen molar-refractivity contribution >= 4 is 5.97 Å². The quantitative estimate of drug-likeness (QED) is 0.0884. The standard InChI is InChI=1S/C37H62O16/c1-16(5-8-23(40)51-4)18-6-7-19-24-20(13-37(50,34(18,19)3)32-30(46)28(44)26(42)22(15-39)53-32)33(2)9-10-35(47,48)11-17(33)12-36(24,49)31-29(45)27(43)25(41)21(14-38)52-31/h16-22,24-32,38-39,41-50H,5-15H2,1-4H3/t16-,17-,18-,19+,20+,21-,22-,24+,25-,26-,27+,28+,29-,30-,31?,32-,33+,34-,36-,37-/m1/s1. The minimum absolute atomic E-state index is 0.0186. The third-order valence-corrected chi connectivity index (χ3v) is 15.7. The molecule has 20 atom stereocenters. The second-order valence-electron chi connectivity index (χ2n) is 18.0. The van der Waals surface area contributed by atoms with Crippen molar-refractivity contribution in [1.29, 1.82) is 0 Å². The Labute approximate surface area is 309 Å². The molecule has 6 aliphatic rings. The van der Waals surface area contributed by atoms with Crippen LogP contribution in [0.2, 0.25) is 0 Å². The molecule has 0 spiro atoms. The zero-order valence-electron chi connectivity index (χ0n) is 31.0.